The lowest BCUT2D eigenvalue weighted by Gasteiger charge is -2.26. The molecule has 0 aliphatic carbocycles. The van der Waals surface area contributed by atoms with Gasteiger partial charge in [-0.2, -0.15) is 0 Å². The lowest BCUT2D eigenvalue weighted by atomic mass is 9.84. The first-order chi connectivity index (χ1) is 8.32. The number of para-hydroxylation sites is 1. The fourth-order valence-electron chi connectivity index (χ4n) is 1.85. The molecule has 0 saturated heterocycles. The number of hydrogen-bond donors (Lipinski definition) is 1. The van der Waals surface area contributed by atoms with E-state index in [1.165, 1.54) is 0 Å². The molecule has 0 bridgehead atoms. The second kappa shape index (κ2) is 5.96. The second-order valence-electron chi connectivity index (χ2n) is 5.75. The van der Waals surface area contributed by atoms with Gasteiger partial charge in [0.15, 0.2) is 0 Å². The molecule has 0 radical (unpaired) electrons. The fourth-order valence-corrected chi connectivity index (χ4v) is 1.85. The zero-order valence-corrected chi connectivity index (χ0v) is 11.3. The van der Waals surface area contributed by atoms with Gasteiger partial charge in [-0.15, -0.1) is 0 Å². The average Bonchev–Trinajstić information content (AvgIpc) is 2.28. The summed E-state index contributed by atoms with van der Waals surface area (Å²) in [6.45, 7) is 6.34. The van der Waals surface area contributed by atoms with Crippen LogP contribution in [0.2, 0.25) is 0 Å². The van der Waals surface area contributed by atoms with Gasteiger partial charge in [0, 0.05) is 17.7 Å². The van der Waals surface area contributed by atoms with Crippen molar-refractivity contribution in [1.82, 2.24) is 0 Å². The summed E-state index contributed by atoms with van der Waals surface area (Å²) < 4.78 is 0. The highest BCUT2D eigenvalue weighted by atomic mass is 16.6. The molecular weight excluding hydrogens is 228 g/mol. The quantitative estimate of drug-likeness (QED) is 0.644. The van der Waals surface area contributed by atoms with Crippen molar-refractivity contribution in [3.05, 3.63) is 39.9 Å². The van der Waals surface area contributed by atoms with Gasteiger partial charge in [-0.05, 0) is 24.7 Å². The van der Waals surface area contributed by atoms with Gasteiger partial charge in [0.05, 0.1) is 4.92 Å². The van der Waals surface area contributed by atoms with Crippen LogP contribution in [0.15, 0.2) is 24.3 Å². The predicted octanol–water partition coefficient (Wildman–Crippen LogP) is 3.29. The van der Waals surface area contributed by atoms with Crippen LogP contribution in [0, 0.1) is 15.5 Å². The molecule has 0 heterocycles. The van der Waals surface area contributed by atoms with E-state index in [-0.39, 0.29) is 22.1 Å². The topological polar surface area (TPSA) is 69.2 Å². The summed E-state index contributed by atoms with van der Waals surface area (Å²) in [6.07, 6.45) is 2.47. The minimum absolute atomic E-state index is 0.0859. The van der Waals surface area contributed by atoms with Crippen LogP contribution in [0.3, 0.4) is 0 Å². The highest BCUT2D eigenvalue weighted by molar-refractivity contribution is 5.39. The summed E-state index contributed by atoms with van der Waals surface area (Å²) in [5.41, 5.74) is 7.17. The Morgan fingerprint density at radius 3 is 2.50 bits per heavy atom. The molecule has 1 unspecified atom stereocenters. The van der Waals surface area contributed by atoms with Crippen LogP contribution < -0.4 is 5.73 Å². The summed E-state index contributed by atoms with van der Waals surface area (Å²) in [6, 6.07) is 7.04. The van der Waals surface area contributed by atoms with E-state index in [9.17, 15) is 10.1 Å². The number of rotatable bonds is 5. The lowest BCUT2D eigenvalue weighted by molar-refractivity contribution is -0.385. The van der Waals surface area contributed by atoms with Crippen molar-refractivity contribution in [2.75, 3.05) is 0 Å². The molecule has 1 rings (SSSR count). The Morgan fingerprint density at radius 1 is 1.33 bits per heavy atom. The number of benzene rings is 1. The molecule has 4 nitrogen and oxygen atoms in total. The molecule has 1 atom stereocenters. The Labute approximate surface area is 108 Å². The van der Waals surface area contributed by atoms with Gasteiger partial charge < -0.3 is 5.73 Å². The molecule has 1 aromatic rings. The molecular formula is C14H22N2O2. The molecule has 0 saturated carbocycles. The molecule has 0 spiro atoms. The van der Waals surface area contributed by atoms with E-state index >= 15 is 0 Å². The third-order valence-electron chi connectivity index (χ3n) is 3.26. The predicted molar refractivity (Wildman–Crippen MR) is 73.5 cm³/mol. The summed E-state index contributed by atoms with van der Waals surface area (Å²) in [5, 5.41) is 10.9. The Balaban J connectivity index is 2.57. The number of nitro benzene ring substituents is 1. The smallest absolute Gasteiger partial charge is 0.272 e. The maximum Gasteiger partial charge on any atom is 0.272 e. The first-order valence-electron chi connectivity index (χ1n) is 6.30. The van der Waals surface area contributed by atoms with Crippen molar-refractivity contribution in [3.63, 3.8) is 0 Å². The van der Waals surface area contributed by atoms with Crippen LogP contribution >= 0.6 is 0 Å². The summed E-state index contributed by atoms with van der Waals surface area (Å²) in [7, 11) is 0. The maximum atomic E-state index is 10.9. The van der Waals surface area contributed by atoms with Crippen molar-refractivity contribution in [1.29, 1.82) is 0 Å². The van der Waals surface area contributed by atoms with E-state index in [4.69, 9.17) is 5.73 Å². The molecule has 18 heavy (non-hydrogen) atoms. The van der Waals surface area contributed by atoms with Crippen LogP contribution in [0.4, 0.5) is 5.69 Å². The number of aryl methyl sites for hydroxylation is 1. The monoisotopic (exact) mass is 250 g/mol. The van der Waals surface area contributed by atoms with Gasteiger partial charge in [0.25, 0.3) is 5.69 Å². The van der Waals surface area contributed by atoms with E-state index < -0.39 is 0 Å². The molecule has 2 N–H and O–H groups in total. The first-order valence-corrected chi connectivity index (χ1v) is 6.30. The van der Waals surface area contributed by atoms with Crippen molar-refractivity contribution in [3.8, 4) is 0 Å². The Hall–Kier alpha value is -1.42. The number of hydrogen-bond acceptors (Lipinski definition) is 3. The zero-order valence-electron chi connectivity index (χ0n) is 11.3. The van der Waals surface area contributed by atoms with E-state index in [1.54, 1.807) is 12.1 Å². The van der Waals surface area contributed by atoms with Gasteiger partial charge in [0.2, 0.25) is 0 Å². The molecule has 4 heteroatoms. The first kappa shape index (κ1) is 14.6. The van der Waals surface area contributed by atoms with Crippen molar-refractivity contribution < 1.29 is 4.92 Å². The summed E-state index contributed by atoms with van der Waals surface area (Å²) in [4.78, 5) is 10.5. The molecule has 0 aliphatic rings. The molecule has 0 aliphatic heterocycles. The van der Waals surface area contributed by atoms with E-state index in [0.29, 0.717) is 6.42 Å². The van der Waals surface area contributed by atoms with Crippen LogP contribution in [-0.4, -0.2) is 11.0 Å². The molecule has 100 valence electrons. The fraction of sp³-hybridized carbons (Fsp3) is 0.571. The normalized spacial score (nSPS) is 13.3. The van der Waals surface area contributed by atoms with Gasteiger partial charge in [0.1, 0.15) is 0 Å². The SMILES string of the molecule is CC(C)(C)C(N)CCCc1ccccc1[N+](=O)[O-]. The third kappa shape index (κ3) is 4.11. The lowest BCUT2D eigenvalue weighted by Crippen LogP contribution is -2.34. The number of nitrogens with zero attached hydrogens (tertiary/aromatic N) is 1. The highest BCUT2D eigenvalue weighted by Crippen LogP contribution is 2.24. The molecule has 1 aromatic carbocycles. The summed E-state index contributed by atoms with van der Waals surface area (Å²) >= 11 is 0. The highest BCUT2D eigenvalue weighted by Gasteiger charge is 2.20. The van der Waals surface area contributed by atoms with Gasteiger partial charge in [-0.1, -0.05) is 39.0 Å². The Morgan fingerprint density at radius 2 is 1.94 bits per heavy atom. The minimum Gasteiger partial charge on any atom is -0.327 e. The maximum absolute atomic E-state index is 10.9. The second-order valence-corrected chi connectivity index (χ2v) is 5.75. The van der Waals surface area contributed by atoms with Crippen LogP contribution in [0.5, 0.6) is 0 Å². The van der Waals surface area contributed by atoms with Crippen LogP contribution in [0.25, 0.3) is 0 Å². The molecule has 0 aromatic heterocycles. The van der Waals surface area contributed by atoms with Gasteiger partial charge in [-0.3, -0.25) is 10.1 Å². The Bertz CT molecular complexity index is 411. The van der Waals surface area contributed by atoms with Gasteiger partial charge in [-0.25, -0.2) is 0 Å². The van der Waals surface area contributed by atoms with Gasteiger partial charge >= 0.3 is 0 Å². The largest absolute Gasteiger partial charge is 0.327 e. The number of nitro groups is 1. The Kier molecular flexibility index (Phi) is 4.84. The number of nitrogens with two attached hydrogens (primary N) is 1. The van der Waals surface area contributed by atoms with Crippen molar-refractivity contribution in [2.24, 2.45) is 11.1 Å². The van der Waals surface area contributed by atoms with Crippen LogP contribution in [0.1, 0.15) is 39.2 Å². The average molecular weight is 250 g/mol. The standard InChI is InChI=1S/C14H22N2O2/c1-14(2,3)13(15)10-6-8-11-7-4-5-9-12(11)16(17)18/h4-5,7,9,13H,6,8,10,15H2,1-3H3. The third-order valence-corrected chi connectivity index (χ3v) is 3.26. The van der Waals surface area contributed by atoms with Crippen LogP contribution in [-0.2, 0) is 6.42 Å². The van der Waals surface area contributed by atoms with E-state index in [0.717, 1.165) is 18.4 Å². The van der Waals surface area contributed by atoms with Crippen molar-refractivity contribution in [2.45, 2.75) is 46.1 Å². The zero-order chi connectivity index (χ0) is 13.8. The molecule has 0 fully saturated rings. The molecule has 0 amide bonds. The minimum atomic E-state index is -0.320. The van der Waals surface area contributed by atoms with E-state index in [2.05, 4.69) is 20.8 Å². The van der Waals surface area contributed by atoms with Crippen molar-refractivity contribution >= 4 is 5.69 Å². The van der Waals surface area contributed by atoms with E-state index in [1.807, 2.05) is 12.1 Å². The summed E-state index contributed by atoms with van der Waals surface area (Å²) in [5.74, 6) is 0.